The second kappa shape index (κ2) is 4.17. The summed E-state index contributed by atoms with van der Waals surface area (Å²) in [5.74, 6) is 0.422. The third kappa shape index (κ3) is 1.90. The van der Waals surface area contributed by atoms with Crippen LogP contribution >= 0.6 is 0 Å². The van der Waals surface area contributed by atoms with Crippen molar-refractivity contribution < 1.29 is 4.79 Å². The largest absolute Gasteiger partial charge is 0.327 e. The van der Waals surface area contributed by atoms with Gasteiger partial charge < -0.3 is 11.1 Å². The molecule has 3 N–H and O–H groups in total. The molecule has 5 heteroatoms. The molecule has 16 heavy (non-hydrogen) atoms. The highest BCUT2D eigenvalue weighted by Gasteiger charge is 2.43. The molecular formula is C11H16N4O. The lowest BCUT2D eigenvalue weighted by Gasteiger charge is -2.27. The summed E-state index contributed by atoms with van der Waals surface area (Å²) in [4.78, 5) is 20.0. The maximum atomic E-state index is 12.1. The van der Waals surface area contributed by atoms with Crippen molar-refractivity contribution in [1.82, 2.24) is 9.97 Å². The van der Waals surface area contributed by atoms with Gasteiger partial charge in [-0.3, -0.25) is 9.78 Å². The molecule has 0 aromatic carbocycles. The van der Waals surface area contributed by atoms with Gasteiger partial charge in [-0.15, -0.1) is 0 Å². The summed E-state index contributed by atoms with van der Waals surface area (Å²) >= 11 is 0. The van der Waals surface area contributed by atoms with E-state index < -0.39 is 5.41 Å². The van der Waals surface area contributed by atoms with E-state index in [2.05, 4.69) is 15.3 Å². The van der Waals surface area contributed by atoms with Crippen LogP contribution in [-0.4, -0.2) is 21.9 Å². The number of amides is 1. The third-order valence-corrected chi connectivity index (χ3v) is 3.35. The molecule has 2 rings (SSSR count). The number of nitrogens with two attached hydrogens (primary N) is 1. The Kier molecular flexibility index (Phi) is 2.87. The molecule has 0 saturated heterocycles. The van der Waals surface area contributed by atoms with Crippen molar-refractivity contribution in [2.75, 3.05) is 5.32 Å². The number of carbonyl (C=O) groups excluding carboxylic acids is 1. The first kappa shape index (κ1) is 11.0. The SMILES string of the molecule is CC1(C(=O)Nc2cnccn2)CCCC1N. The Balaban J connectivity index is 2.09. The molecule has 1 aliphatic carbocycles. The number of carbonyl (C=O) groups is 1. The molecule has 1 fully saturated rings. The number of hydrogen-bond donors (Lipinski definition) is 2. The summed E-state index contributed by atoms with van der Waals surface area (Å²) in [7, 11) is 0. The smallest absolute Gasteiger partial charge is 0.233 e. The van der Waals surface area contributed by atoms with Crippen molar-refractivity contribution in [2.45, 2.75) is 32.2 Å². The zero-order valence-electron chi connectivity index (χ0n) is 9.31. The van der Waals surface area contributed by atoms with Gasteiger partial charge in [0.25, 0.3) is 0 Å². The van der Waals surface area contributed by atoms with Crippen molar-refractivity contribution >= 4 is 11.7 Å². The molecule has 1 aromatic heterocycles. The molecule has 0 bridgehead atoms. The van der Waals surface area contributed by atoms with Crippen LogP contribution in [0.3, 0.4) is 0 Å². The Bertz CT molecular complexity index is 381. The van der Waals surface area contributed by atoms with Crippen LogP contribution in [-0.2, 0) is 4.79 Å². The van der Waals surface area contributed by atoms with Crippen molar-refractivity contribution in [3.05, 3.63) is 18.6 Å². The van der Waals surface area contributed by atoms with Gasteiger partial charge in [-0.2, -0.15) is 0 Å². The van der Waals surface area contributed by atoms with Gasteiger partial charge >= 0.3 is 0 Å². The minimum atomic E-state index is -0.475. The molecule has 0 aliphatic heterocycles. The van der Waals surface area contributed by atoms with E-state index >= 15 is 0 Å². The topological polar surface area (TPSA) is 80.9 Å². The normalized spacial score (nSPS) is 29.0. The van der Waals surface area contributed by atoms with Gasteiger partial charge in [0.15, 0.2) is 5.82 Å². The number of hydrogen-bond acceptors (Lipinski definition) is 4. The van der Waals surface area contributed by atoms with E-state index in [0.29, 0.717) is 5.82 Å². The summed E-state index contributed by atoms with van der Waals surface area (Å²) in [5, 5.41) is 2.76. The van der Waals surface area contributed by atoms with Crippen molar-refractivity contribution in [2.24, 2.45) is 11.1 Å². The lowest BCUT2D eigenvalue weighted by molar-refractivity contribution is -0.125. The molecular weight excluding hydrogens is 204 g/mol. The Morgan fingerprint density at radius 3 is 3.00 bits per heavy atom. The van der Waals surface area contributed by atoms with Crippen molar-refractivity contribution in [1.29, 1.82) is 0 Å². The van der Waals surface area contributed by atoms with E-state index in [-0.39, 0.29) is 11.9 Å². The van der Waals surface area contributed by atoms with Crippen LogP contribution in [0.5, 0.6) is 0 Å². The summed E-state index contributed by atoms with van der Waals surface area (Å²) in [6.07, 6.45) is 7.39. The Morgan fingerprint density at radius 1 is 1.62 bits per heavy atom. The lowest BCUT2D eigenvalue weighted by atomic mass is 9.84. The third-order valence-electron chi connectivity index (χ3n) is 3.35. The molecule has 0 spiro atoms. The standard InChI is InChI=1S/C11H16N4O/c1-11(4-2-3-8(11)12)10(16)15-9-7-13-5-6-14-9/h5-8H,2-4,12H2,1H3,(H,14,15,16). The lowest BCUT2D eigenvalue weighted by Crippen LogP contribution is -2.44. The van der Waals surface area contributed by atoms with Crippen LogP contribution in [0.25, 0.3) is 0 Å². The average molecular weight is 220 g/mol. The minimum absolute atomic E-state index is 0.0574. The Morgan fingerprint density at radius 2 is 2.44 bits per heavy atom. The molecule has 5 nitrogen and oxygen atoms in total. The predicted molar refractivity (Wildman–Crippen MR) is 60.6 cm³/mol. The fraction of sp³-hybridized carbons (Fsp3) is 0.545. The zero-order valence-corrected chi connectivity index (χ0v) is 9.31. The van der Waals surface area contributed by atoms with Crippen LogP contribution < -0.4 is 11.1 Å². The highest BCUT2D eigenvalue weighted by molar-refractivity contribution is 5.94. The monoisotopic (exact) mass is 220 g/mol. The Hall–Kier alpha value is -1.49. The number of rotatable bonds is 2. The van der Waals surface area contributed by atoms with Crippen LogP contribution in [0, 0.1) is 5.41 Å². The van der Waals surface area contributed by atoms with E-state index in [1.807, 2.05) is 6.92 Å². The van der Waals surface area contributed by atoms with Crippen molar-refractivity contribution in [3.8, 4) is 0 Å². The number of nitrogens with zero attached hydrogens (tertiary/aromatic N) is 2. The zero-order chi connectivity index (χ0) is 11.6. The number of anilines is 1. The van der Waals surface area contributed by atoms with Gasteiger partial charge in [0, 0.05) is 18.4 Å². The molecule has 0 radical (unpaired) electrons. The maximum Gasteiger partial charge on any atom is 0.233 e. The van der Waals surface area contributed by atoms with Crippen molar-refractivity contribution in [3.63, 3.8) is 0 Å². The van der Waals surface area contributed by atoms with Gasteiger partial charge in [0.1, 0.15) is 0 Å². The fourth-order valence-corrected chi connectivity index (χ4v) is 2.10. The van der Waals surface area contributed by atoms with Gasteiger partial charge in [-0.05, 0) is 19.8 Å². The molecule has 1 saturated carbocycles. The molecule has 86 valence electrons. The summed E-state index contributed by atoms with van der Waals surface area (Å²) in [6, 6.07) is -0.0656. The summed E-state index contributed by atoms with van der Waals surface area (Å²) in [6.45, 7) is 1.91. The summed E-state index contributed by atoms with van der Waals surface area (Å²) in [5.41, 5.74) is 5.50. The van der Waals surface area contributed by atoms with Crippen LogP contribution in [0.2, 0.25) is 0 Å². The quantitative estimate of drug-likeness (QED) is 0.777. The first-order valence-electron chi connectivity index (χ1n) is 5.46. The van der Waals surface area contributed by atoms with Gasteiger partial charge in [-0.1, -0.05) is 6.42 Å². The molecule has 2 unspecified atom stereocenters. The van der Waals surface area contributed by atoms with E-state index in [1.165, 1.54) is 6.20 Å². The maximum absolute atomic E-state index is 12.1. The van der Waals surface area contributed by atoms with E-state index in [0.717, 1.165) is 19.3 Å². The van der Waals surface area contributed by atoms with Gasteiger partial charge in [0.05, 0.1) is 11.6 Å². The number of aromatic nitrogens is 2. The highest BCUT2D eigenvalue weighted by atomic mass is 16.2. The van der Waals surface area contributed by atoms with Gasteiger partial charge in [0.2, 0.25) is 5.91 Å². The van der Waals surface area contributed by atoms with Crippen LogP contribution in [0.15, 0.2) is 18.6 Å². The van der Waals surface area contributed by atoms with Crippen LogP contribution in [0.1, 0.15) is 26.2 Å². The second-order valence-corrected chi connectivity index (χ2v) is 4.46. The Labute approximate surface area is 94.5 Å². The molecule has 2 atom stereocenters. The predicted octanol–water partition coefficient (Wildman–Crippen LogP) is 0.933. The summed E-state index contributed by atoms with van der Waals surface area (Å²) < 4.78 is 0. The first-order valence-corrected chi connectivity index (χ1v) is 5.46. The minimum Gasteiger partial charge on any atom is -0.327 e. The molecule has 1 aromatic rings. The molecule has 1 aliphatic rings. The first-order chi connectivity index (χ1) is 7.63. The highest BCUT2D eigenvalue weighted by Crippen LogP contribution is 2.37. The molecule has 1 heterocycles. The van der Waals surface area contributed by atoms with Gasteiger partial charge in [-0.25, -0.2) is 4.98 Å². The van der Waals surface area contributed by atoms with Crippen LogP contribution in [0.4, 0.5) is 5.82 Å². The fourth-order valence-electron chi connectivity index (χ4n) is 2.10. The second-order valence-electron chi connectivity index (χ2n) is 4.46. The molecule has 1 amide bonds. The number of nitrogens with one attached hydrogen (secondary N) is 1. The van der Waals surface area contributed by atoms with E-state index in [9.17, 15) is 4.79 Å². The van der Waals surface area contributed by atoms with E-state index in [4.69, 9.17) is 5.73 Å². The average Bonchev–Trinajstić information content (AvgIpc) is 2.62. The van der Waals surface area contributed by atoms with E-state index in [1.54, 1.807) is 12.4 Å².